The summed E-state index contributed by atoms with van der Waals surface area (Å²) in [6.45, 7) is 6.95. The zero-order chi connectivity index (χ0) is 43.3. The summed E-state index contributed by atoms with van der Waals surface area (Å²) in [5, 5.41) is 2.71. The third-order valence-corrected chi connectivity index (χ3v) is 14.3. The fourth-order valence-electron chi connectivity index (χ4n) is 11.3. The summed E-state index contributed by atoms with van der Waals surface area (Å²) in [5.74, 6) is 0.569. The van der Waals surface area contributed by atoms with Gasteiger partial charge in [0.2, 0.25) is 0 Å². The minimum absolute atomic E-state index is 0.0332. The number of benzene rings is 9. The first-order valence-electron chi connectivity index (χ1n) is 23.4. The second-order valence-electron chi connectivity index (χ2n) is 19.0. The molecule has 1 nitrogen and oxygen atoms in total. The monoisotopic (exact) mass is 825 g/mol. The van der Waals surface area contributed by atoms with E-state index in [0.717, 1.165) is 17.1 Å². The normalized spacial score (nSPS) is 14.5. The fourth-order valence-corrected chi connectivity index (χ4v) is 11.3. The summed E-state index contributed by atoms with van der Waals surface area (Å²) in [6.07, 6.45) is 6.45. The molecular weight excluding hydrogens is 771 g/mol. The third kappa shape index (κ3) is 6.69. The molecule has 0 saturated heterocycles. The van der Waals surface area contributed by atoms with E-state index in [1.54, 1.807) is 0 Å². The van der Waals surface area contributed by atoms with Crippen molar-refractivity contribution in [1.29, 1.82) is 0 Å². The lowest BCUT2D eigenvalue weighted by Gasteiger charge is -2.36. The van der Waals surface area contributed by atoms with Gasteiger partial charge in [0.1, 0.15) is 0 Å². The number of rotatable bonds is 8. The van der Waals surface area contributed by atoms with Gasteiger partial charge in [0.05, 0.1) is 16.8 Å². The van der Waals surface area contributed by atoms with Crippen molar-refractivity contribution < 1.29 is 0 Å². The van der Waals surface area contributed by atoms with Crippen molar-refractivity contribution in [1.82, 2.24) is 0 Å². The van der Waals surface area contributed by atoms with Crippen LogP contribution in [0.3, 0.4) is 0 Å². The van der Waals surface area contributed by atoms with Crippen LogP contribution in [0.25, 0.3) is 44.2 Å². The summed E-state index contributed by atoms with van der Waals surface area (Å²) in [5.41, 5.74) is 18.3. The van der Waals surface area contributed by atoms with E-state index in [0.29, 0.717) is 5.92 Å². The van der Waals surface area contributed by atoms with Gasteiger partial charge in [-0.25, -0.2) is 0 Å². The summed E-state index contributed by atoms with van der Waals surface area (Å²) < 4.78 is 0. The first-order valence-corrected chi connectivity index (χ1v) is 23.4. The molecule has 2 aliphatic rings. The number of nitrogens with zero attached hydrogens (tertiary/aromatic N) is 1. The van der Waals surface area contributed by atoms with Gasteiger partial charge in [0, 0.05) is 16.8 Å². The Morgan fingerprint density at radius 1 is 0.438 bits per heavy atom. The largest absolute Gasteiger partial charge is 0.309 e. The van der Waals surface area contributed by atoms with Crippen LogP contribution in [0.1, 0.15) is 92.2 Å². The highest BCUT2D eigenvalue weighted by atomic mass is 15.1. The average Bonchev–Trinajstić information content (AvgIpc) is 3.66. The summed E-state index contributed by atoms with van der Waals surface area (Å²) in [4.78, 5) is 2.57. The van der Waals surface area contributed by atoms with Crippen molar-refractivity contribution in [3.8, 4) is 33.4 Å². The van der Waals surface area contributed by atoms with Crippen LogP contribution in [-0.4, -0.2) is 0 Å². The molecule has 64 heavy (non-hydrogen) atoms. The van der Waals surface area contributed by atoms with Gasteiger partial charge in [0.15, 0.2) is 0 Å². The standard InChI is InChI=1S/C63H55N/c1-62(2,3)48-40-41-60(56(43-48)45-24-9-5-10-25-45)64(59-39-18-15-34-54(59)55-36-20-27-46-26-19-35-51(61(46)55)44-22-7-4-8-23-44)50-31-21-30-49(42-50)63(47-28-11-6-12-29-47)57-37-16-13-32-52(57)53-33-14-17-38-58(53)63/h5-6,9-21,24-44H,4,7-8,22-23H2,1-3H3. The Kier molecular flexibility index (Phi) is 10.2. The van der Waals surface area contributed by atoms with Gasteiger partial charge >= 0.3 is 0 Å². The maximum absolute atomic E-state index is 2.57. The van der Waals surface area contributed by atoms with E-state index in [4.69, 9.17) is 0 Å². The van der Waals surface area contributed by atoms with Gasteiger partial charge in [-0.1, -0.05) is 222 Å². The molecule has 0 amide bonds. The Morgan fingerprint density at radius 3 is 1.70 bits per heavy atom. The van der Waals surface area contributed by atoms with Crippen molar-refractivity contribution in [2.75, 3.05) is 4.90 Å². The van der Waals surface area contributed by atoms with Gasteiger partial charge in [-0.3, -0.25) is 0 Å². The highest BCUT2D eigenvalue weighted by molar-refractivity contribution is 6.04. The lowest BCUT2D eigenvalue weighted by atomic mass is 9.67. The van der Waals surface area contributed by atoms with Crippen molar-refractivity contribution in [2.45, 2.75) is 69.6 Å². The molecule has 312 valence electrons. The van der Waals surface area contributed by atoms with Crippen LogP contribution in [0.2, 0.25) is 0 Å². The molecule has 0 spiro atoms. The Balaban J connectivity index is 1.21. The predicted molar refractivity (Wildman–Crippen MR) is 271 cm³/mol. The molecule has 9 aromatic rings. The number of para-hydroxylation sites is 1. The zero-order valence-corrected chi connectivity index (χ0v) is 37.3. The number of fused-ring (bicyclic) bond motifs is 4. The van der Waals surface area contributed by atoms with Crippen molar-refractivity contribution in [3.05, 3.63) is 246 Å². The maximum Gasteiger partial charge on any atom is 0.0714 e. The maximum atomic E-state index is 2.57. The molecule has 0 heterocycles. The fraction of sp³-hybridized carbons (Fsp3) is 0.175. The summed E-state index contributed by atoms with van der Waals surface area (Å²) in [6, 6.07) is 80.1. The Bertz CT molecular complexity index is 3080. The molecule has 0 radical (unpaired) electrons. The van der Waals surface area contributed by atoms with Crippen molar-refractivity contribution in [3.63, 3.8) is 0 Å². The van der Waals surface area contributed by atoms with Crippen LogP contribution >= 0.6 is 0 Å². The second kappa shape index (κ2) is 16.3. The smallest absolute Gasteiger partial charge is 0.0714 e. The van der Waals surface area contributed by atoms with E-state index in [1.165, 1.54) is 110 Å². The van der Waals surface area contributed by atoms with Crippen molar-refractivity contribution >= 4 is 27.8 Å². The molecule has 1 fully saturated rings. The Labute approximate surface area is 379 Å². The van der Waals surface area contributed by atoms with Crippen LogP contribution in [0.4, 0.5) is 17.1 Å². The molecular formula is C63H55N. The molecule has 0 N–H and O–H groups in total. The predicted octanol–water partition coefficient (Wildman–Crippen LogP) is 17.4. The van der Waals surface area contributed by atoms with Crippen LogP contribution in [0, 0.1) is 0 Å². The molecule has 0 atom stereocenters. The highest BCUT2D eigenvalue weighted by Gasteiger charge is 2.46. The topological polar surface area (TPSA) is 3.24 Å². The van der Waals surface area contributed by atoms with Gasteiger partial charge in [0.25, 0.3) is 0 Å². The molecule has 1 heteroatoms. The van der Waals surface area contributed by atoms with Crippen LogP contribution in [0.5, 0.6) is 0 Å². The Hall–Kier alpha value is -6.96. The molecule has 0 bridgehead atoms. The lowest BCUT2D eigenvalue weighted by Crippen LogP contribution is -2.28. The van der Waals surface area contributed by atoms with Crippen LogP contribution < -0.4 is 4.90 Å². The molecule has 11 rings (SSSR count). The number of hydrogen-bond acceptors (Lipinski definition) is 1. The molecule has 9 aromatic carbocycles. The minimum Gasteiger partial charge on any atom is -0.309 e. The first kappa shape index (κ1) is 39.9. The average molecular weight is 826 g/mol. The van der Waals surface area contributed by atoms with E-state index < -0.39 is 5.41 Å². The summed E-state index contributed by atoms with van der Waals surface area (Å²) in [7, 11) is 0. The SMILES string of the molecule is CC(C)(C)c1ccc(N(c2cccc(C3(c4ccccc4)c4ccccc4-c4ccccc43)c2)c2ccccc2-c2cccc3cccc(C4CCCCC4)c23)c(-c2ccccc2)c1. The zero-order valence-electron chi connectivity index (χ0n) is 37.3. The van der Waals surface area contributed by atoms with Gasteiger partial charge in [-0.15, -0.1) is 0 Å². The third-order valence-electron chi connectivity index (χ3n) is 14.3. The van der Waals surface area contributed by atoms with Gasteiger partial charge < -0.3 is 4.90 Å². The lowest BCUT2D eigenvalue weighted by molar-refractivity contribution is 0.445. The number of anilines is 3. The van der Waals surface area contributed by atoms with E-state index in [9.17, 15) is 0 Å². The Morgan fingerprint density at radius 2 is 1.00 bits per heavy atom. The molecule has 0 unspecified atom stereocenters. The van der Waals surface area contributed by atoms with E-state index in [-0.39, 0.29) is 5.41 Å². The molecule has 0 aromatic heterocycles. The van der Waals surface area contributed by atoms with Crippen LogP contribution in [-0.2, 0) is 10.8 Å². The van der Waals surface area contributed by atoms with Gasteiger partial charge in [-0.2, -0.15) is 0 Å². The molecule has 1 saturated carbocycles. The first-order chi connectivity index (χ1) is 31.4. The van der Waals surface area contributed by atoms with E-state index in [2.05, 4.69) is 238 Å². The second-order valence-corrected chi connectivity index (χ2v) is 19.0. The van der Waals surface area contributed by atoms with E-state index >= 15 is 0 Å². The highest BCUT2D eigenvalue weighted by Crippen LogP contribution is 2.57. The van der Waals surface area contributed by atoms with Crippen molar-refractivity contribution in [2.24, 2.45) is 0 Å². The summed E-state index contributed by atoms with van der Waals surface area (Å²) >= 11 is 0. The number of hydrogen-bond donors (Lipinski definition) is 0. The van der Waals surface area contributed by atoms with Gasteiger partial charge in [-0.05, 0) is 121 Å². The minimum atomic E-state index is -0.529. The van der Waals surface area contributed by atoms with Crippen LogP contribution in [0.15, 0.2) is 212 Å². The molecule has 2 aliphatic carbocycles. The quantitative estimate of drug-likeness (QED) is 0.148. The van der Waals surface area contributed by atoms with E-state index in [1.807, 2.05) is 0 Å². The molecule has 0 aliphatic heterocycles.